The van der Waals surface area contributed by atoms with Gasteiger partial charge in [-0.2, -0.15) is 0 Å². The molecule has 10 aromatic rings. The molecule has 38 heavy (non-hydrogen) atoms. The van der Waals surface area contributed by atoms with Gasteiger partial charge in [0.05, 0.1) is 0 Å². The lowest BCUT2D eigenvalue weighted by molar-refractivity contribution is 1.79. The zero-order valence-corrected chi connectivity index (χ0v) is 20.5. The molecule has 172 valence electrons. The van der Waals surface area contributed by atoms with E-state index in [0.29, 0.717) is 0 Å². The van der Waals surface area contributed by atoms with E-state index >= 15 is 0 Å². The van der Waals surface area contributed by atoms with E-state index in [1.54, 1.807) is 0 Å². The smallest absolute Gasteiger partial charge is 0.0000929 e. The number of benzene rings is 10. The van der Waals surface area contributed by atoms with Crippen LogP contribution < -0.4 is 0 Å². The lowest BCUT2D eigenvalue weighted by Gasteiger charge is -2.23. The van der Waals surface area contributed by atoms with Crippen LogP contribution in [0.5, 0.6) is 0 Å². The van der Waals surface area contributed by atoms with Crippen molar-refractivity contribution < 1.29 is 0 Å². The van der Waals surface area contributed by atoms with Crippen LogP contribution in [0.15, 0.2) is 121 Å². The first-order valence-corrected chi connectivity index (χ1v) is 13.4. The monoisotopic (exact) mass is 476 g/mol. The van der Waals surface area contributed by atoms with Crippen LogP contribution >= 0.6 is 0 Å². The summed E-state index contributed by atoms with van der Waals surface area (Å²) in [6.45, 7) is 0. The molecule has 0 saturated carbocycles. The highest BCUT2D eigenvalue weighted by molar-refractivity contribution is 6.53. The second kappa shape index (κ2) is 6.49. The van der Waals surface area contributed by atoms with Crippen molar-refractivity contribution in [2.24, 2.45) is 0 Å². The Kier molecular flexibility index (Phi) is 3.28. The summed E-state index contributed by atoms with van der Waals surface area (Å²) < 4.78 is 0. The third-order valence-corrected chi connectivity index (χ3v) is 9.07. The van der Waals surface area contributed by atoms with E-state index in [-0.39, 0.29) is 0 Å². The third-order valence-electron chi connectivity index (χ3n) is 9.07. The first kappa shape index (κ1) is 19.2. The maximum atomic E-state index is 2.34. The summed E-state index contributed by atoms with van der Waals surface area (Å²) in [6.07, 6.45) is 0. The molecule has 0 spiro atoms. The van der Waals surface area contributed by atoms with Crippen molar-refractivity contribution in [2.75, 3.05) is 0 Å². The topological polar surface area (TPSA) is 0 Å². The van der Waals surface area contributed by atoms with Gasteiger partial charge in [-0.15, -0.1) is 0 Å². The largest absolute Gasteiger partial charge is 0.0616 e. The molecule has 10 aromatic carbocycles. The quantitative estimate of drug-likeness (QED) is 0.151. The molecular weight excluding hydrogens is 456 g/mol. The Labute approximate surface area is 218 Å². The van der Waals surface area contributed by atoms with Crippen LogP contribution in [0.25, 0.3) is 97.0 Å². The molecule has 0 bridgehead atoms. The van der Waals surface area contributed by atoms with E-state index in [1.165, 1.54) is 97.0 Å². The van der Waals surface area contributed by atoms with E-state index in [2.05, 4.69) is 121 Å². The summed E-state index contributed by atoms with van der Waals surface area (Å²) >= 11 is 0. The Hall–Kier alpha value is -4.94. The van der Waals surface area contributed by atoms with Gasteiger partial charge in [-0.05, 0) is 97.0 Å². The standard InChI is InChI=1S/C38H20/c1-2-14-24-23(13-1)33-27-17-5-9-21-10-7-19-29(31(21)27)35-25-15-3-4-16-26(25)36-30-20-8-12-22-11-6-18-28(32(22)30)34(24)38(36)37(33)35/h1-20H. The zero-order chi connectivity index (χ0) is 24.5. The molecule has 0 radical (unpaired) electrons. The van der Waals surface area contributed by atoms with Crippen molar-refractivity contribution in [3.63, 3.8) is 0 Å². The average molecular weight is 477 g/mol. The predicted molar refractivity (Wildman–Crippen MR) is 166 cm³/mol. The molecule has 0 heteroatoms. The van der Waals surface area contributed by atoms with E-state index < -0.39 is 0 Å². The number of fused-ring (bicyclic) bond motifs is 10. The normalized spacial score (nSPS) is 12.7. The van der Waals surface area contributed by atoms with E-state index in [0.717, 1.165) is 0 Å². The molecule has 0 amide bonds. The summed E-state index contributed by atoms with van der Waals surface area (Å²) in [4.78, 5) is 0. The van der Waals surface area contributed by atoms with Crippen molar-refractivity contribution >= 4 is 97.0 Å². The van der Waals surface area contributed by atoms with Crippen LogP contribution in [0, 0.1) is 0 Å². The van der Waals surface area contributed by atoms with Gasteiger partial charge >= 0.3 is 0 Å². The minimum Gasteiger partial charge on any atom is -0.0616 e. The minimum absolute atomic E-state index is 1.31. The maximum absolute atomic E-state index is 2.34. The molecule has 0 aliphatic heterocycles. The number of rotatable bonds is 0. The molecule has 0 aromatic heterocycles. The molecule has 0 atom stereocenters. The molecule has 0 heterocycles. The lowest BCUT2D eigenvalue weighted by atomic mass is 9.79. The molecule has 0 nitrogen and oxygen atoms in total. The van der Waals surface area contributed by atoms with Crippen molar-refractivity contribution in [3.05, 3.63) is 121 Å². The predicted octanol–water partition coefficient (Wildman–Crippen LogP) is 10.9. The maximum Gasteiger partial charge on any atom is -0.0000929 e. The first-order chi connectivity index (χ1) is 18.9. The number of hydrogen-bond acceptors (Lipinski definition) is 0. The van der Waals surface area contributed by atoms with Crippen molar-refractivity contribution in [3.8, 4) is 0 Å². The van der Waals surface area contributed by atoms with Gasteiger partial charge in [-0.3, -0.25) is 0 Å². The van der Waals surface area contributed by atoms with Gasteiger partial charge in [0.2, 0.25) is 0 Å². The fourth-order valence-electron chi connectivity index (χ4n) is 7.76. The van der Waals surface area contributed by atoms with E-state index in [1.807, 2.05) is 0 Å². The van der Waals surface area contributed by atoms with Crippen LogP contribution in [-0.2, 0) is 0 Å². The van der Waals surface area contributed by atoms with Crippen LogP contribution in [0.3, 0.4) is 0 Å². The second-order valence-electron chi connectivity index (χ2n) is 10.8. The molecule has 0 aliphatic rings. The summed E-state index contributed by atoms with van der Waals surface area (Å²) in [6, 6.07) is 45.5. The van der Waals surface area contributed by atoms with Gasteiger partial charge in [-0.1, -0.05) is 121 Å². The van der Waals surface area contributed by atoms with Gasteiger partial charge in [0.25, 0.3) is 0 Å². The minimum atomic E-state index is 1.31. The number of hydrogen-bond donors (Lipinski definition) is 0. The van der Waals surface area contributed by atoms with Crippen molar-refractivity contribution in [2.45, 2.75) is 0 Å². The van der Waals surface area contributed by atoms with Gasteiger partial charge < -0.3 is 0 Å². The fraction of sp³-hybridized carbons (Fsp3) is 0. The highest BCUT2D eigenvalue weighted by Gasteiger charge is 2.24. The van der Waals surface area contributed by atoms with Crippen LogP contribution in [0.4, 0.5) is 0 Å². The van der Waals surface area contributed by atoms with E-state index in [9.17, 15) is 0 Å². The summed E-state index contributed by atoms with van der Waals surface area (Å²) in [5.74, 6) is 0. The average Bonchev–Trinajstić information content (AvgIpc) is 2.98. The van der Waals surface area contributed by atoms with Gasteiger partial charge in [0.15, 0.2) is 0 Å². The zero-order valence-electron chi connectivity index (χ0n) is 20.5. The van der Waals surface area contributed by atoms with Crippen molar-refractivity contribution in [1.29, 1.82) is 0 Å². The molecule has 0 unspecified atom stereocenters. The highest BCUT2D eigenvalue weighted by atomic mass is 14.3. The third kappa shape index (κ3) is 2.05. The summed E-state index contributed by atoms with van der Waals surface area (Å²) in [5, 5.41) is 24.5. The fourth-order valence-corrected chi connectivity index (χ4v) is 7.76. The second-order valence-corrected chi connectivity index (χ2v) is 10.8. The van der Waals surface area contributed by atoms with Crippen molar-refractivity contribution in [1.82, 2.24) is 0 Å². The SMILES string of the molecule is c1ccc2c(c1)c1c3cccc4cccc(c43)c3c4ccccc4c4c5cccc6cccc(c65)c2c4c13. The Morgan fingerprint density at radius 1 is 0.184 bits per heavy atom. The molecule has 0 saturated heterocycles. The molecule has 0 aliphatic carbocycles. The first-order valence-electron chi connectivity index (χ1n) is 13.4. The molecule has 0 fully saturated rings. The highest BCUT2D eigenvalue weighted by Crippen LogP contribution is 2.53. The van der Waals surface area contributed by atoms with Gasteiger partial charge in [0, 0.05) is 0 Å². The Balaban J connectivity index is 1.77. The lowest BCUT2D eigenvalue weighted by Crippen LogP contribution is -1.94. The molecule has 10 rings (SSSR count). The van der Waals surface area contributed by atoms with Crippen LogP contribution in [0.2, 0.25) is 0 Å². The summed E-state index contributed by atoms with van der Waals surface area (Å²) in [5.41, 5.74) is 0. The molecule has 0 N–H and O–H groups in total. The van der Waals surface area contributed by atoms with E-state index in [4.69, 9.17) is 0 Å². The Morgan fingerprint density at radius 2 is 0.447 bits per heavy atom. The summed E-state index contributed by atoms with van der Waals surface area (Å²) in [7, 11) is 0. The Bertz CT molecular complexity index is 2250. The van der Waals surface area contributed by atoms with Crippen LogP contribution in [0.1, 0.15) is 0 Å². The van der Waals surface area contributed by atoms with Crippen LogP contribution in [-0.4, -0.2) is 0 Å². The molecular formula is C38H20. The van der Waals surface area contributed by atoms with Gasteiger partial charge in [-0.25, -0.2) is 0 Å². The Morgan fingerprint density at radius 3 is 0.737 bits per heavy atom. The van der Waals surface area contributed by atoms with Gasteiger partial charge in [0.1, 0.15) is 0 Å².